The highest BCUT2D eigenvalue weighted by Crippen LogP contribution is 2.31. The molecule has 1 aromatic carbocycles. The fourth-order valence-corrected chi connectivity index (χ4v) is 3.05. The summed E-state index contributed by atoms with van der Waals surface area (Å²) in [6, 6.07) is 12.6. The summed E-state index contributed by atoms with van der Waals surface area (Å²) < 4.78 is 1.76. The van der Waals surface area contributed by atoms with Crippen molar-refractivity contribution in [3.8, 4) is 11.3 Å². The van der Waals surface area contributed by atoms with E-state index >= 15 is 0 Å². The first-order valence-corrected chi connectivity index (χ1v) is 8.00. The molecule has 6 nitrogen and oxygen atoms in total. The number of hydrogen-bond donors (Lipinski definition) is 1. The average Bonchev–Trinajstić information content (AvgIpc) is 3.01. The highest BCUT2D eigenvalue weighted by Gasteiger charge is 2.27. The van der Waals surface area contributed by atoms with E-state index in [4.69, 9.17) is 0 Å². The van der Waals surface area contributed by atoms with Crippen LogP contribution in [0.15, 0.2) is 42.7 Å². The summed E-state index contributed by atoms with van der Waals surface area (Å²) in [6.45, 7) is 0.716. The molecular weight excluding hydrogens is 290 g/mol. The summed E-state index contributed by atoms with van der Waals surface area (Å²) in [5.74, 6) is 1.54. The standard InChI is InChI=1S/C17H19N5O/c23-10-9-21(14-7-4-8-14)16-11-15(13-5-2-1-3-6-13)20-17-18-12-19-22(16)17/h1-3,5-6,11-12,14,23H,4,7-10H2. The van der Waals surface area contributed by atoms with Gasteiger partial charge in [-0.2, -0.15) is 14.6 Å². The Kier molecular flexibility index (Phi) is 3.67. The number of hydrogen-bond acceptors (Lipinski definition) is 5. The Bertz CT molecular complexity index is 797. The number of aromatic nitrogens is 4. The summed E-state index contributed by atoms with van der Waals surface area (Å²) in [5.41, 5.74) is 1.93. The summed E-state index contributed by atoms with van der Waals surface area (Å²) in [6.07, 6.45) is 5.07. The van der Waals surface area contributed by atoms with E-state index in [1.54, 1.807) is 4.52 Å². The number of rotatable bonds is 5. The topological polar surface area (TPSA) is 66.5 Å². The normalized spacial score (nSPS) is 14.8. The van der Waals surface area contributed by atoms with Gasteiger partial charge in [-0.15, -0.1) is 0 Å². The SMILES string of the molecule is OCCN(c1cc(-c2ccccc2)nc2ncnn12)C1CCC1. The van der Waals surface area contributed by atoms with Gasteiger partial charge >= 0.3 is 0 Å². The predicted octanol–water partition coefficient (Wildman–Crippen LogP) is 2.14. The Labute approximate surface area is 134 Å². The van der Waals surface area contributed by atoms with Crippen LogP contribution in [0.5, 0.6) is 0 Å². The van der Waals surface area contributed by atoms with Gasteiger partial charge in [-0.05, 0) is 19.3 Å². The molecule has 6 heteroatoms. The van der Waals surface area contributed by atoms with Crippen molar-refractivity contribution >= 4 is 11.6 Å². The number of aliphatic hydroxyl groups is 1. The lowest BCUT2D eigenvalue weighted by molar-refractivity contribution is 0.282. The molecule has 0 bridgehead atoms. The summed E-state index contributed by atoms with van der Waals surface area (Å²) >= 11 is 0. The summed E-state index contributed by atoms with van der Waals surface area (Å²) in [5, 5.41) is 13.8. The van der Waals surface area contributed by atoms with Crippen LogP contribution >= 0.6 is 0 Å². The van der Waals surface area contributed by atoms with Crippen molar-refractivity contribution in [3.05, 3.63) is 42.7 Å². The molecule has 0 unspecified atom stereocenters. The molecule has 3 aromatic rings. The minimum Gasteiger partial charge on any atom is -0.395 e. The number of fused-ring (bicyclic) bond motifs is 1. The van der Waals surface area contributed by atoms with E-state index in [1.165, 1.54) is 12.7 Å². The first-order valence-electron chi connectivity index (χ1n) is 8.00. The molecule has 2 aromatic heterocycles. The van der Waals surface area contributed by atoms with Gasteiger partial charge in [-0.1, -0.05) is 30.3 Å². The molecule has 4 rings (SSSR count). The van der Waals surface area contributed by atoms with Crippen molar-refractivity contribution in [2.24, 2.45) is 0 Å². The largest absolute Gasteiger partial charge is 0.395 e. The van der Waals surface area contributed by atoms with Crippen LogP contribution in [0.3, 0.4) is 0 Å². The maximum absolute atomic E-state index is 9.47. The number of nitrogens with zero attached hydrogens (tertiary/aromatic N) is 5. The highest BCUT2D eigenvalue weighted by atomic mass is 16.3. The van der Waals surface area contributed by atoms with Crippen LogP contribution in [0.25, 0.3) is 17.0 Å². The van der Waals surface area contributed by atoms with Crippen LogP contribution in [0.2, 0.25) is 0 Å². The van der Waals surface area contributed by atoms with Crippen LogP contribution < -0.4 is 4.90 Å². The Morgan fingerprint density at radius 1 is 1.22 bits per heavy atom. The Morgan fingerprint density at radius 3 is 2.74 bits per heavy atom. The molecule has 118 valence electrons. The van der Waals surface area contributed by atoms with Crippen molar-refractivity contribution in [3.63, 3.8) is 0 Å². The molecular formula is C17H19N5O. The number of benzene rings is 1. The van der Waals surface area contributed by atoms with Gasteiger partial charge in [0.15, 0.2) is 0 Å². The minimum atomic E-state index is 0.121. The monoisotopic (exact) mass is 309 g/mol. The van der Waals surface area contributed by atoms with Crippen LogP contribution in [0, 0.1) is 0 Å². The summed E-state index contributed by atoms with van der Waals surface area (Å²) in [4.78, 5) is 11.1. The molecule has 0 spiro atoms. The third kappa shape index (κ3) is 2.55. The van der Waals surface area contributed by atoms with Gasteiger partial charge in [-0.3, -0.25) is 0 Å². The molecule has 1 aliphatic rings. The van der Waals surface area contributed by atoms with Crippen molar-refractivity contribution in [1.29, 1.82) is 0 Å². The lowest BCUT2D eigenvalue weighted by atomic mass is 9.91. The third-order valence-electron chi connectivity index (χ3n) is 4.45. The molecule has 0 aliphatic heterocycles. The molecule has 1 aliphatic carbocycles. The zero-order valence-corrected chi connectivity index (χ0v) is 12.8. The van der Waals surface area contributed by atoms with Gasteiger partial charge in [0.2, 0.25) is 0 Å². The first-order chi connectivity index (χ1) is 11.4. The van der Waals surface area contributed by atoms with Crippen LogP contribution in [-0.2, 0) is 0 Å². The average molecular weight is 309 g/mol. The number of aliphatic hydroxyl groups excluding tert-OH is 1. The summed E-state index contributed by atoms with van der Waals surface area (Å²) in [7, 11) is 0. The van der Waals surface area contributed by atoms with Crippen molar-refractivity contribution in [1.82, 2.24) is 19.6 Å². The van der Waals surface area contributed by atoms with Gasteiger partial charge in [0.25, 0.3) is 5.78 Å². The fraction of sp³-hybridized carbons (Fsp3) is 0.353. The second-order valence-electron chi connectivity index (χ2n) is 5.84. The Balaban J connectivity index is 1.85. The maximum atomic E-state index is 9.47. The zero-order chi connectivity index (χ0) is 15.6. The van der Waals surface area contributed by atoms with Gasteiger partial charge in [-0.25, -0.2) is 4.98 Å². The molecule has 1 fully saturated rings. The molecule has 0 amide bonds. The van der Waals surface area contributed by atoms with E-state index in [1.807, 2.05) is 36.4 Å². The van der Waals surface area contributed by atoms with E-state index < -0.39 is 0 Å². The lowest BCUT2D eigenvalue weighted by Gasteiger charge is -2.38. The van der Waals surface area contributed by atoms with Gasteiger partial charge in [0, 0.05) is 24.2 Å². The fourth-order valence-electron chi connectivity index (χ4n) is 3.05. The van der Waals surface area contributed by atoms with Gasteiger partial charge < -0.3 is 10.0 Å². The van der Waals surface area contributed by atoms with Crippen LogP contribution in [0.4, 0.5) is 5.82 Å². The van der Waals surface area contributed by atoms with Gasteiger partial charge in [0.05, 0.1) is 12.3 Å². The first kappa shape index (κ1) is 14.1. The second kappa shape index (κ2) is 5.96. The molecule has 0 atom stereocenters. The zero-order valence-electron chi connectivity index (χ0n) is 12.8. The van der Waals surface area contributed by atoms with Crippen LogP contribution in [0.1, 0.15) is 19.3 Å². The Hall–Kier alpha value is -2.47. The van der Waals surface area contributed by atoms with Gasteiger partial charge in [0.1, 0.15) is 12.1 Å². The smallest absolute Gasteiger partial charge is 0.254 e. The van der Waals surface area contributed by atoms with Crippen molar-refractivity contribution in [2.45, 2.75) is 25.3 Å². The van der Waals surface area contributed by atoms with E-state index in [9.17, 15) is 5.11 Å². The third-order valence-corrected chi connectivity index (χ3v) is 4.45. The second-order valence-corrected chi connectivity index (χ2v) is 5.84. The molecule has 23 heavy (non-hydrogen) atoms. The van der Waals surface area contributed by atoms with Crippen LogP contribution in [-0.4, -0.2) is 43.9 Å². The highest BCUT2D eigenvalue weighted by molar-refractivity contribution is 5.66. The van der Waals surface area contributed by atoms with E-state index in [2.05, 4.69) is 20.0 Å². The molecule has 1 saturated carbocycles. The molecule has 0 radical (unpaired) electrons. The quantitative estimate of drug-likeness (QED) is 0.782. The van der Waals surface area contributed by atoms with E-state index in [0.717, 1.165) is 29.9 Å². The lowest BCUT2D eigenvalue weighted by Crippen LogP contribution is -2.43. The van der Waals surface area contributed by atoms with Crippen molar-refractivity contribution < 1.29 is 5.11 Å². The minimum absolute atomic E-state index is 0.121. The predicted molar refractivity (Wildman–Crippen MR) is 88.3 cm³/mol. The van der Waals surface area contributed by atoms with Crippen molar-refractivity contribution in [2.75, 3.05) is 18.1 Å². The number of anilines is 1. The van der Waals surface area contributed by atoms with E-state index in [-0.39, 0.29) is 6.61 Å². The van der Waals surface area contributed by atoms with E-state index in [0.29, 0.717) is 18.4 Å². The maximum Gasteiger partial charge on any atom is 0.254 e. The Morgan fingerprint density at radius 2 is 2.04 bits per heavy atom. The molecule has 2 heterocycles. The molecule has 1 N–H and O–H groups in total. The molecule has 0 saturated heterocycles.